The number of nitrogens with zero attached hydrogens (tertiary/aromatic N) is 1. The van der Waals surface area contributed by atoms with Crippen LogP contribution in [0.4, 0.5) is 0 Å². The first-order valence-corrected chi connectivity index (χ1v) is 15.9. The number of hydrogen-bond acceptors (Lipinski definition) is 7. The highest BCUT2D eigenvalue weighted by Crippen LogP contribution is 2.20. The highest BCUT2D eigenvalue weighted by molar-refractivity contribution is 5.94. The molecule has 0 aromatic heterocycles. The van der Waals surface area contributed by atoms with Gasteiger partial charge in [0.05, 0.1) is 18.2 Å². The van der Waals surface area contributed by atoms with Crippen molar-refractivity contribution in [3.8, 4) is 0 Å². The van der Waals surface area contributed by atoms with Gasteiger partial charge in [0.1, 0.15) is 18.1 Å². The third-order valence-corrected chi connectivity index (χ3v) is 8.12. The summed E-state index contributed by atoms with van der Waals surface area (Å²) in [5.74, 6) is -3.10. The van der Waals surface area contributed by atoms with Crippen molar-refractivity contribution in [3.63, 3.8) is 0 Å². The average molecular weight is 679 g/mol. The number of carboxylic acids is 1. The molecule has 0 spiro atoms. The monoisotopic (exact) mass is 678 g/mol. The predicted octanol–water partition coefficient (Wildman–Crippen LogP) is 3.29. The van der Waals surface area contributed by atoms with Gasteiger partial charge in [0.2, 0.25) is 17.7 Å². The molecule has 5 N–H and O–H groups in total. The van der Waals surface area contributed by atoms with Gasteiger partial charge in [-0.05, 0) is 55.4 Å². The van der Waals surface area contributed by atoms with Crippen LogP contribution < -0.4 is 16.4 Å². The van der Waals surface area contributed by atoms with Gasteiger partial charge >= 0.3 is 11.9 Å². The SMILES string of the molecule is Cl.N[C@@H](CCCCOC(=O)c1ccccc1)C(=O)N[C@@H](Cc1ccccc1)C(=O)N[C@@H](Cc1ccccc1)C(=O)N1CCC[C@@H]1C(=O)O. The Kier molecular flexibility index (Phi) is 15.1. The minimum absolute atomic E-state index is 0. The molecular formula is C36H43ClN4O7. The molecule has 1 fully saturated rings. The van der Waals surface area contributed by atoms with E-state index in [2.05, 4.69) is 10.6 Å². The molecule has 0 aliphatic carbocycles. The average Bonchev–Trinajstić information content (AvgIpc) is 3.59. The Hall–Kier alpha value is -4.74. The number of benzene rings is 3. The molecule has 12 heteroatoms. The largest absolute Gasteiger partial charge is 0.480 e. The van der Waals surface area contributed by atoms with E-state index in [9.17, 15) is 29.1 Å². The predicted molar refractivity (Wildman–Crippen MR) is 182 cm³/mol. The van der Waals surface area contributed by atoms with E-state index in [0.717, 1.165) is 11.1 Å². The maximum Gasteiger partial charge on any atom is 0.338 e. The molecule has 1 heterocycles. The first-order chi connectivity index (χ1) is 22.7. The van der Waals surface area contributed by atoms with E-state index in [4.69, 9.17) is 10.5 Å². The Labute approximate surface area is 286 Å². The normalized spacial score (nSPS) is 15.7. The number of ether oxygens (including phenoxy) is 1. The van der Waals surface area contributed by atoms with Gasteiger partial charge in [0.15, 0.2) is 0 Å². The molecule has 0 bridgehead atoms. The summed E-state index contributed by atoms with van der Waals surface area (Å²) >= 11 is 0. The second kappa shape index (κ2) is 19.2. The van der Waals surface area contributed by atoms with Crippen LogP contribution in [0.1, 0.15) is 53.6 Å². The molecule has 3 aromatic rings. The number of likely N-dealkylation sites (tertiary alicyclic amines) is 1. The maximum atomic E-state index is 13.8. The van der Waals surface area contributed by atoms with Gasteiger partial charge in [0.25, 0.3) is 0 Å². The number of hydrogen-bond donors (Lipinski definition) is 4. The molecule has 3 aromatic carbocycles. The number of halogens is 1. The van der Waals surface area contributed by atoms with E-state index in [1.807, 2.05) is 66.7 Å². The molecule has 1 saturated heterocycles. The molecule has 4 atom stereocenters. The van der Waals surface area contributed by atoms with Crippen LogP contribution in [0.15, 0.2) is 91.0 Å². The van der Waals surface area contributed by atoms with Gasteiger partial charge < -0.3 is 31.1 Å². The number of carbonyl (C=O) groups excluding carboxylic acids is 4. The van der Waals surface area contributed by atoms with Gasteiger partial charge in [-0.2, -0.15) is 0 Å². The van der Waals surface area contributed by atoms with E-state index in [1.165, 1.54) is 4.90 Å². The molecular weight excluding hydrogens is 636 g/mol. The van der Waals surface area contributed by atoms with E-state index in [0.29, 0.717) is 37.7 Å². The van der Waals surface area contributed by atoms with E-state index in [1.54, 1.807) is 24.3 Å². The van der Waals surface area contributed by atoms with Crippen LogP contribution in [-0.4, -0.2) is 77.0 Å². The lowest BCUT2D eigenvalue weighted by molar-refractivity contribution is -0.149. The third-order valence-electron chi connectivity index (χ3n) is 8.12. The zero-order valence-electron chi connectivity index (χ0n) is 26.7. The molecule has 1 aliphatic rings. The van der Waals surface area contributed by atoms with Gasteiger partial charge in [-0.3, -0.25) is 14.4 Å². The number of aliphatic carboxylic acids is 1. The minimum atomic E-state index is -1.09. The summed E-state index contributed by atoms with van der Waals surface area (Å²) in [7, 11) is 0. The van der Waals surface area contributed by atoms with Crippen molar-refractivity contribution in [1.29, 1.82) is 0 Å². The molecule has 0 saturated carbocycles. The number of carboxylic acid groups (broad SMARTS) is 1. The number of esters is 1. The minimum Gasteiger partial charge on any atom is -0.480 e. The first-order valence-electron chi connectivity index (χ1n) is 15.9. The highest BCUT2D eigenvalue weighted by atomic mass is 35.5. The zero-order valence-corrected chi connectivity index (χ0v) is 27.5. The smallest absolute Gasteiger partial charge is 0.338 e. The number of nitrogens with one attached hydrogen (secondary N) is 2. The summed E-state index contributed by atoms with van der Waals surface area (Å²) < 4.78 is 5.29. The van der Waals surface area contributed by atoms with E-state index < -0.39 is 53.8 Å². The molecule has 0 unspecified atom stereocenters. The number of nitrogens with two attached hydrogens (primary N) is 1. The van der Waals surface area contributed by atoms with Gasteiger partial charge in [-0.25, -0.2) is 9.59 Å². The number of amides is 3. The lowest BCUT2D eigenvalue weighted by atomic mass is 10.0. The summed E-state index contributed by atoms with van der Waals surface area (Å²) in [6, 6.07) is 23.0. The van der Waals surface area contributed by atoms with E-state index in [-0.39, 0.29) is 38.4 Å². The van der Waals surface area contributed by atoms with Crippen LogP contribution >= 0.6 is 12.4 Å². The Morgan fingerprint density at radius 3 is 1.92 bits per heavy atom. The molecule has 0 radical (unpaired) electrons. The number of rotatable bonds is 16. The fourth-order valence-electron chi connectivity index (χ4n) is 5.57. The molecule has 4 rings (SSSR count). The van der Waals surface area contributed by atoms with Crippen LogP contribution in [0.25, 0.3) is 0 Å². The molecule has 11 nitrogen and oxygen atoms in total. The Balaban J connectivity index is 0.00000625. The molecule has 1 aliphatic heterocycles. The second-order valence-corrected chi connectivity index (χ2v) is 11.6. The second-order valence-electron chi connectivity index (χ2n) is 11.6. The quantitative estimate of drug-likeness (QED) is 0.132. The van der Waals surface area contributed by atoms with Gasteiger partial charge in [0, 0.05) is 19.4 Å². The molecule has 256 valence electrons. The fraction of sp³-hybridized carbons (Fsp3) is 0.361. The summed E-state index contributed by atoms with van der Waals surface area (Å²) in [5.41, 5.74) is 8.24. The van der Waals surface area contributed by atoms with Crippen LogP contribution in [0, 0.1) is 0 Å². The summed E-state index contributed by atoms with van der Waals surface area (Å²) in [4.78, 5) is 66.0. The van der Waals surface area contributed by atoms with Crippen molar-refractivity contribution in [2.75, 3.05) is 13.2 Å². The van der Waals surface area contributed by atoms with Gasteiger partial charge in [-0.1, -0.05) is 78.9 Å². The summed E-state index contributed by atoms with van der Waals surface area (Å²) in [6.45, 7) is 0.457. The van der Waals surface area contributed by atoms with Crippen LogP contribution in [0.2, 0.25) is 0 Å². The topological polar surface area (TPSA) is 168 Å². The Morgan fingerprint density at radius 2 is 1.33 bits per heavy atom. The zero-order chi connectivity index (χ0) is 33.6. The van der Waals surface area contributed by atoms with Crippen molar-refractivity contribution in [1.82, 2.24) is 15.5 Å². The fourth-order valence-corrected chi connectivity index (χ4v) is 5.57. The first kappa shape index (κ1) is 37.7. The van der Waals surface area contributed by atoms with Gasteiger partial charge in [-0.15, -0.1) is 12.4 Å². The molecule has 48 heavy (non-hydrogen) atoms. The summed E-state index contributed by atoms with van der Waals surface area (Å²) in [6.07, 6.45) is 2.50. The Bertz CT molecular complexity index is 1490. The van der Waals surface area contributed by atoms with Crippen molar-refractivity contribution < 1.29 is 33.8 Å². The van der Waals surface area contributed by atoms with Crippen molar-refractivity contribution in [2.24, 2.45) is 5.73 Å². The van der Waals surface area contributed by atoms with Crippen LogP contribution in [0.3, 0.4) is 0 Å². The van der Waals surface area contributed by atoms with Crippen molar-refractivity contribution in [2.45, 2.75) is 69.1 Å². The maximum absolute atomic E-state index is 13.8. The standard InChI is InChI=1S/C36H42N4O7.ClH/c37-28(19-10-11-22-47-36(46)27-17-8-3-9-18-27)32(41)38-29(23-25-13-4-1-5-14-25)33(42)39-30(24-26-15-6-2-7-16-26)34(43)40-21-12-20-31(40)35(44)45;/h1-9,13-18,28-31H,10-12,19-24,37H2,(H,38,41)(H,39,42)(H,44,45);1H/t28-,29-,30-,31+;/m0./s1. The Morgan fingerprint density at radius 1 is 0.792 bits per heavy atom. The summed E-state index contributed by atoms with van der Waals surface area (Å²) in [5, 5.41) is 15.3. The third kappa shape index (κ3) is 11.2. The lowest BCUT2D eigenvalue weighted by Gasteiger charge is -2.29. The van der Waals surface area contributed by atoms with Crippen molar-refractivity contribution in [3.05, 3.63) is 108 Å². The van der Waals surface area contributed by atoms with Crippen molar-refractivity contribution >= 4 is 42.1 Å². The highest BCUT2D eigenvalue weighted by Gasteiger charge is 2.38. The van der Waals surface area contributed by atoms with E-state index >= 15 is 0 Å². The lowest BCUT2D eigenvalue weighted by Crippen LogP contribution is -2.58. The van der Waals surface area contributed by atoms with Crippen LogP contribution in [0.5, 0.6) is 0 Å². The van der Waals surface area contributed by atoms with Crippen LogP contribution in [-0.2, 0) is 36.8 Å². The number of unbranched alkanes of at least 4 members (excludes halogenated alkanes) is 1. The number of carbonyl (C=O) groups is 5. The molecule has 3 amide bonds.